The van der Waals surface area contributed by atoms with Crippen LogP contribution in [-0.2, 0) is 0 Å². The molecule has 2 heterocycles. The van der Waals surface area contributed by atoms with Crippen molar-refractivity contribution in [3.05, 3.63) is 40.3 Å². The molecule has 0 saturated heterocycles. The third-order valence-electron chi connectivity index (χ3n) is 2.96. The average molecular weight is 306 g/mol. The highest BCUT2D eigenvalue weighted by molar-refractivity contribution is 7.10. The molecular weight excluding hydrogens is 284 g/mol. The molecule has 1 atom stereocenters. The van der Waals surface area contributed by atoms with Gasteiger partial charge in [0.1, 0.15) is 11.5 Å². The molecule has 0 aliphatic rings. The van der Waals surface area contributed by atoms with Gasteiger partial charge in [0.05, 0.1) is 25.5 Å². The van der Waals surface area contributed by atoms with Gasteiger partial charge in [-0.15, -0.1) is 11.3 Å². The lowest BCUT2D eigenvalue weighted by molar-refractivity contribution is 0.241. The van der Waals surface area contributed by atoms with Crippen LogP contribution in [0.25, 0.3) is 0 Å². The molecule has 1 unspecified atom stereocenters. The number of pyridine rings is 1. The van der Waals surface area contributed by atoms with Crippen molar-refractivity contribution in [1.29, 1.82) is 0 Å². The molecule has 4 nitrogen and oxygen atoms in total. The Bertz CT molecular complexity index is 569. The summed E-state index contributed by atoms with van der Waals surface area (Å²) in [5.41, 5.74) is 1.10. The molecule has 2 rings (SSSR count). The first kappa shape index (κ1) is 15.8. The topological polar surface area (TPSA) is 43.4 Å². The van der Waals surface area contributed by atoms with Crippen molar-refractivity contribution in [2.45, 2.75) is 32.9 Å². The fraction of sp³-hybridized carbons (Fsp3) is 0.438. The summed E-state index contributed by atoms with van der Waals surface area (Å²) < 4.78 is 11.0. The van der Waals surface area contributed by atoms with Crippen LogP contribution in [0.3, 0.4) is 0 Å². The lowest BCUT2D eigenvalue weighted by Gasteiger charge is -2.18. The number of thiophene rings is 1. The fourth-order valence-electron chi connectivity index (χ4n) is 2.11. The number of ether oxygens (including phenoxy) is 2. The van der Waals surface area contributed by atoms with Gasteiger partial charge in [0, 0.05) is 16.5 Å². The van der Waals surface area contributed by atoms with E-state index in [4.69, 9.17) is 9.47 Å². The average Bonchev–Trinajstić information content (AvgIpc) is 2.93. The van der Waals surface area contributed by atoms with E-state index in [1.807, 2.05) is 31.5 Å². The lowest BCUT2D eigenvalue weighted by Crippen LogP contribution is -2.21. The van der Waals surface area contributed by atoms with Crippen LogP contribution in [-0.4, -0.2) is 24.7 Å². The minimum absolute atomic E-state index is 0.104. The number of aromatic nitrogens is 1. The number of hydrogen-bond acceptors (Lipinski definition) is 5. The zero-order valence-electron chi connectivity index (χ0n) is 12.9. The smallest absolute Gasteiger partial charge is 0.138 e. The standard InChI is InChI=1S/C16H22N2O2S/c1-5-18-16(15-7-14(19-4)10-21-15)12-6-13(9-17-8-12)20-11(2)3/h6-11,16,18H,5H2,1-4H3. The molecule has 2 aromatic heterocycles. The van der Waals surface area contributed by atoms with Crippen molar-refractivity contribution < 1.29 is 9.47 Å². The second kappa shape index (κ2) is 7.43. The van der Waals surface area contributed by atoms with Crippen LogP contribution < -0.4 is 14.8 Å². The van der Waals surface area contributed by atoms with Gasteiger partial charge in [-0.25, -0.2) is 0 Å². The highest BCUT2D eigenvalue weighted by Crippen LogP contribution is 2.32. The van der Waals surface area contributed by atoms with Crippen LogP contribution in [0.15, 0.2) is 29.9 Å². The maximum atomic E-state index is 5.73. The van der Waals surface area contributed by atoms with Gasteiger partial charge in [0.25, 0.3) is 0 Å². The van der Waals surface area contributed by atoms with Crippen molar-refractivity contribution in [2.75, 3.05) is 13.7 Å². The number of hydrogen-bond donors (Lipinski definition) is 1. The Labute approximate surface area is 130 Å². The lowest BCUT2D eigenvalue weighted by atomic mass is 10.1. The van der Waals surface area contributed by atoms with E-state index in [0.717, 1.165) is 23.6 Å². The molecule has 1 N–H and O–H groups in total. The first-order chi connectivity index (χ1) is 10.1. The maximum Gasteiger partial charge on any atom is 0.138 e. The van der Waals surface area contributed by atoms with Crippen molar-refractivity contribution in [3.8, 4) is 11.5 Å². The Balaban J connectivity index is 2.29. The molecule has 0 saturated carbocycles. The molecule has 0 bridgehead atoms. The SMILES string of the molecule is CCNC(c1cncc(OC(C)C)c1)c1cc(OC)cs1. The second-order valence-electron chi connectivity index (χ2n) is 5.00. The van der Waals surface area contributed by atoms with E-state index in [1.165, 1.54) is 4.88 Å². The van der Waals surface area contributed by atoms with Crippen LogP contribution in [0.2, 0.25) is 0 Å². The predicted molar refractivity (Wildman–Crippen MR) is 86.4 cm³/mol. The van der Waals surface area contributed by atoms with Crippen LogP contribution >= 0.6 is 11.3 Å². The monoisotopic (exact) mass is 306 g/mol. The van der Waals surface area contributed by atoms with Crippen molar-refractivity contribution in [1.82, 2.24) is 10.3 Å². The van der Waals surface area contributed by atoms with Gasteiger partial charge >= 0.3 is 0 Å². The van der Waals surface area contributed by atoms with E-state index in [1.54, 1.807) is 24.6 Å². The summed E-state index contributed by atoms with van der Waals surface area (Å²) in [7, 11) is 1.69. The van der Waals surface area contributed by atoms with Crippen LogP contribution in [0, 0.1) is 0 Å². The quantitative estimate of drug-likeness (QED) is 0.848. The number of nitrogens with zero attached hydrogens (tertiary/aromatic N) is 1. The molecule has 0 spiro atoms. The van der Waals surface area contributed by atoms with Crippen molar-refractivity contribution in [2.24, 2.45) is 0 Å². The minimum atomic E-state index is 0.104. The summed E-state index contributed by atoms with van der Waals surface area (Å²) >= 11 is 1.68. The fourth-order valence-corrected chi connectivity index (χ4v) is 3.07. The van der Waals surface area contributed by atoms with Crippen molar-refractivity contribution in [3.63, 3.8) is 0 Å². The van der Waals surface area contributed by atoms with E-state index in [-0.39, 0.29) is 12.1 Å². The second-order valence-corrected chi connectivity index (χ2v) is 5.94. The molecule has 0 aromatic carbocycles. The Kier molecular flexibility index (Phi) is 5.59. The highest BCUT2D eigenvalue weighted by atomic mass is 32.1. The van der Waals surface area contributed by atoms with E-state index < -0.39 is 0 Å². The van der Waals surface area contributed by atoms with E-state index in [0.29, 0.717) is 0 Å². The summed E-state index contributed by atoms with van der Waals surface area (Å²) in [5.74, 6) is 1.69. The predicted octanol–water partition coefficient (Wildman–Crippen LogP) is 3.64. The highest BCUT2D eigenvalue weighted by Gasteiger charge is 2.17. The van der Waals surface area contributed by atoms with Crippen LogP contribution in [0.5, 0.6) is 11.5 Å². The van der Waals surface area contributed by atoms with Crippen LogP contribution in [0.4, 0.5) is 0 Å². The Morgan fingerprint density at radius 3 is 2.67 bits per heavy atom. The van der Waals surface area contributed by atoms with E-state index >= 15 is 0 Å². The summed E-state index contributed by atoms with van der Waals surface area (Å²) in [5, 5.41) is 5.51. The zero-order chi connectivity index (χ0) is 15.2. The summed E-state index contributed by atoms with van der Waals surface area (Å²) in [6.07, 6.45) is 3.77. The summed E-state index contributed by atoms with van der Waals surface area (Å²) in [4.78, 5) is 5.51. The normalized spacial score (nSPS) is 12.4. The Morgan fingerprint density at radius 2 is 2.05 bits per heavy atom. The maximum absolute atomic E-state index is 5.73. The molecule has 0 aliphatic carbocycles. The Hall–Kier alpha value is -1.59. The molecule has 0 amide bonds. The van der Waals surface area contributed by atoms with Gasteiger partial charge in [-0.3, -0.25) is 4.98 Å². The Morgan fingerprint density at radius 1 is 1.24 bits per heavy atom. The van der Waals surface area contributed by atoms with Crippen molar-refractivity contribution >= 4 is 11.3 Å². The largest absolute Gasteiger partial charge is 0.496 e. The number of nitrogens with one attached hydrogen (secondary N) is 1. The summed E-state index contributed by atoms with van der Waals surface area (Å²) in [6.45, 7) is 7.00. The molecule has 5 heteroatoms. The van der Waals surface area contributed by atoms with Gasteiger partial charge in [-0.2, -0.15) is 0 Å². The van der Waals surface area contributed by atoms with Gasteiger partial charge in [0.2, 0.25) is 0 Å². The number of methoxy groups -OCH3 is 1. The molecule has 114 valence electrons. The minimum Gasteiger partial charge on any atom is -0.496 e. The van der Waals surface area contributed by atoms with Gasteiger partial charge in [-0.05, 0) is 38.1 Å². The van der Waals surface area contributed by atoms with E-state index in [9.17, 15) is 0 Å². The molecule has 21 heavy (non-hydrogen) atoms. The molecule has 0 aliphatic heterocycles. The molecule has 0 radical (unpaired) electrons. The van der Waals surface area contributed by atoms with Gasteiger partial charge < -0.3 is 14.8 Å². The molecule has 0 fully saturated rings. The third kappa shape index (κ3) is 4.19. The third-order valence-corrected chi connectivity index (χ3v) is 3.94. The van der Waals surface area contributed by atoms with Gasteiger partial charge in [-0.1, -0.05) is 6.92 Å². The zero-order valence-corrected chi connectivity index (χ0v) is 13.7. The van der Waals surface area contributed by atoms with Crippen LogP contribution in [0.1, 0.15) is 37.3 Å². The number of rotatable bonds is 7. The molecule has 2 aromatic rings. The molecular formula is C16H22N2O2S. The van der Waals surface area contributed by atoms with E-state index in [2.05, 4.69) is 23.3 Å². The first-order valence-electron chi connectivity index (χ1n) is 7.11. The summed E-state index contributed by atoms with van der Waals surface area (Å²) in [6, 6.07) is 4.22. The van der Waals surface area contributed by atoms with Gasteiger partial charge in [0.15, 0.2) is 0 Å². The first-order valence-corrected chi connectivity index (χ1v) is 7.99.